The van der Waals surface area contributed by atoms with Gasteiger partial charge in [0, 0.05) is 11.1 Å². The van der Waals surface area contributed by atoms with Crippen molar-refractivity contribution >= 4 is 29.3 Å². The molecule has 1 heterocycles. The van der Waals surface area contributed by atoms with Crippen molar-refractivity contribution in [3.8, 4) is 18.2 Å². The van der Waals surface area contributed by atoms with Gasteiger partial charge in [-0.3, -0.25) is 9.59 Å². The lowest BCUT2D eigenvalue weighted by Crippen LogP contribution is -2.45. The van der Waals surface area contributed by atoms with Crippen LogP contribution in [-0.2, 0) is 9.59 Å². The van der Waals surface area contributed by atoms with Gasteiger partial charge in [-0.2, -0.15) is 15.8 Å². The van der Waals surface area contributed by atoms with Crippen LogP contribution in [0, 0.1) is 45.3 Å². The van der Waals surface area contributed by atoms with E-state index in [0.717, 1.165) is 11.8 Å². The molecule has 7 nitrogen and oxygen atoms in total. The second kappa shape index (κ2) is 7.95. The lowest BCUT2D eigenvalue weighted by molar-refractivity contribution is -0.125. The van der Waals surface area contributed by atoms with Crippen molar-refractivity contribution in [2.75, 3.05) is 5.32 Å². The average Bonchev–Trinajstić information content (AvgIpc) is 2.61. The van der Waals surface area contributed by atoms with Crippen LogP contribution in [0.4, 0.5) is 5.69 Å². The summed E-state index contributed by atoms with van der Waals surface area (Å²) >= 11 is 1.05. The molecule has 0 aliphatic carbocycles. The molecule has 2 atom stereocenters. The number of hydrogen-bond donors (Lipinski definition) is 2. The maximum absolute atomic E-state index is 12.5. The molecule has 0 saturated carbocycles. The fourth-order valence-electron chi connectivity index (χ4n) is 2.66. The number of hydrogen-bond acceptors (Lipinski definition) is 6. The van der Waals surface area contributed by atoms with Gasteiger partial charge >= 0.3 is 0 Å². The van der Waals surface area contributed by atoms with Gasteiger partial charge in [0.2, 0.25) is 11.8 Å². The standard InChI is InChI=1S/C19H17N5O2S/c1-11(16(25)23-13-6-4-5-12(7-13)8-20)27-18-15(10-22)19(2,3)14(9-21)17(26)24-18/h4-7,11,14H,1-3H3,(H,23,25)(H,24,26)/t11-,14-/m0/s1. The molecule has 0 spiro atoms. The molecule has 136 valence electrons. The molecule has 1 aliphatic rings. The maximum Gasteiger partial charge on any atom is 0.243 e. The lowest BCUT2D eigenvalue weighted by atomic mass is 9.72. The fraction of sp³-hybridized carbons (Fsp3) is 0.316. The van der Waals surface area contributed by atoms with Gasteiger partial charge in [-0.05, 0) is 25.1 Å². The number of amides is 2. The Kier molecular flexibility index (Phi) is 5.90. The maximum atomic E-state index is 12.5. The second-order valence-corrected chi connectivity index (χ2v) is 7.88. The molecule has 2 N–H and O–H groups in total. The summed E-state index contributed by atoms with van der Waals surface area (Å²) < 4.78 is 0. The van der Waals surface area contributed by atoms with Crippen LogP contribution in [0.5, 0.6) is 0 Å². The number of carbonyl (C=O) groups excluding carboxylic acids is 2. The Hall–Kier alpha value is -3.28. The number of allylic oxidation sites excluding steroid dienone is 1. The van der Waals surface area contributed by atoms with E-state index in [2.05, 4.69) is 16.7 Å². The van der Waals surface area contributed by atoms with Gasteiger partial charge in [-0.15, -0.1) is 0 Å². The zero-order valence-electron chi connectivity index (χ0n) is 15.0. The highest BCUT2D eigenvalue weighted by Crippen LogP contribution is 2.42. The van der Waals surface area contributed by atoms with Crippen LogP contribution in [0.25, 0.3) is 0 Å². The van der Waals surface area contributed by atoms with E-state index in [1.807, 2.05) is 12.1 Å². The molecule has 0 bridgehead atoms. The van der Waals surface area contributed by atoms with E-state index in [9.17, 15) is 20.1 Å². The summed E-state index contributed by atoms with van der Waals surface area (Å²) in [7, 11) is 0. The average molecular weight is 379 g/mol. The third-order valence-corrected chi connectivity index (χ3v) is 5.37. The lowest BCUT2D eigenvalue weighted by Gasteiger charge is -2.35. The molecular formula is C19H17N5O2S. The first-order valence-electron chi connectivity index (χ1n) is 8.07. The van der Waals surface area contributed by atoms with Crippen LogP contribution in [0.2, 0.25) is 0 Å². The smallest absolute Gasteiger partial charge is 0.243 e. The van der Waals surface area contributed by atoms with Gasteiger partial charge in [0.05, 0.1) is 39.6 Å². The van der Waals surface area contributed by atoms with Crippen molar-refractivity contribution in [3.05, 3.63) is 40.4 Å². The highest BCUT2D eigenvalue weighted by molar-refractivity contribution is 8.04. The van der Waals surface area contributed by atoms with Gasteiger partial charge in [0.1, 0.15) is 5.92 Å². The summed E-state index contributed by atoms with van der Waals surface area (Å²) in [4.78, 5) is 24.7. The van der Waals surface area contributed by atoms with E-state index >= 15 is 0 Å². The van der Waals surface area contributed by atoms with Crippen molar-refractivity contribution < 1.29 is 9.59 Å². The number of nitrogens with one attached hydrogen (secondary N) is 2. The number of thioether (sulfide) groups is 1. The van der Waals surface area contributed by atoms with Crippen LogP contribution < -0.4 is 10.6 Å². The highest BCUT2D eigenvalue weighted by atomic mass is 32.2. The molecule has 1 aromatic rings. The number of benzene rings is 1. The minimum absolute atomic E-state index is 0.268. The van der Waals surface area contributed by atoms with Crippen LogP contribution in [0.1, 0.15) is 26.3 Å². The summed E-state index contributed by atoms with van der Waals surface area (Å²) in [5.41, 5.74) is 0.223. The summed E-state index contributed by atoms with van der Waals surface area (Å²) in [6, 6.07) is 12.5. The molecule has 8 heteroatoms. The Morgan fingerprint density at radius 1 is 1.30 bits per heavy atom. The highest BCUT2D eigenvalue weighted by Gasteiger charge is 2.45. The normalized spacial score (nSPS) is 19.1. The first-order valence-corrected chi connectivity index (χ1v) is 8.95. The Bertz CT molecular complexity index is 946. The van der Waals surface area contributed by atoms with Crippen LogP contribution >= 0.6 is 11.8 Å². The zero-order chi connectivity index (χ0) is 20.2. The predicted octanol–water partition coefficient (Wildman–Crippen LogP) is 2.65. The first kappa shape index (κ1) is 20.0. The van der Waals surface area contributed by atoms with E-state index in [4.69, 9.17) is 5.26 Å². The molecule has 0 fully saturated rings. The van der Waals surface area contributed by atoms with E-state index in [1.54, 1.807) is 45.0 Å². The third-order valence-electron chi connectivity index (χ3n) is 4.26. The number of anilines is 1. The molecule has 2 amide bonds. The number of carbonyl (C=O) groups is 2. The number of nitriles is 3. The molecule has 0 radical (unpaired) electrons. The van der Waals surface area contributed by atoms with Crippen LogP contribution in [0.15, 0.2) is 34.9 Å². The molecule has 0 unspecified atom stereocenters. The second-order valence-electron chi connectivity index (χ2n) is 6.53. The van der Waals surface area contributed by atoms with Crippen molar-refractivity contribution in [1.29, 1.82) is 15.8 Å². The number of rotatable bonds is 4. The minimum atomic E-state index is -0.977. The minimum Gasteiger partial charge on any atom is -0.325 e. The largest absolute Gasteiger partial charge is 0.325 e. The predicted molar refractivity (Wildman–Crippen MR) is 101 cm³/mol. The van der Waals surface area contributed by atoms with Gasteiger partial charge in [0.15, 0.2) is 0 Å². The zero-order valence-corrected chi connectivity index (χ0v) is 15.8. The fourth-order valence-corrected chi connectivity index (χ4v) is 3.76. The van der Waals surface area contributed by atoms with E-state index in [1.165, 1.54) is 0 Å². The SMILES string of the molecule is C[C@H](SC1=C(C#N)C(C)(C)[C@@H](C#N)C(=O)N1)C(=O)Nc1cccc(C#N)c1. The van der Waals surface area contributed by atoms with E-state index < -0.39 is 22.5 Å². The molecule has 1 aromatic carbocycles. The summed E-state index contributed by atoms with van der Waals surface area (Å²) in [6.07, 6.45) is 0. The summed E-state index contributed by atoms with van der Waals surface area (Å²) in [5, 5.41) is 32.6. The Balaban J connectivity index is 2.21. The van der Waals surface area contributed by atoms with Gasteiger partial charge in [0.25, 0.3) is 0 Å². The molecular weight excluding hydrogens is 362 g/mol. The topological polar surface area (TPSA) is 130 Å². The third kappa shape index (κ3) is 4.11. The first-order chi connectivity index (χ1) is 12.7. The number of nitrogens with zero attached hydrogens (tertiary/aromatic N) is 3. The van der Waals surface area contributed by atoms with Crippen LogP contribution in [-0.4, -0.2) is 17.1 Å². The molecule has 0 saturated heterocycles. The van der Waals surface area contributed by atoms with Crippen molar-refractivity contribution in [2.45, 2.75) is 26.0 Å². The monoisotopic (exact) mass is 379 g/mol. The Morgan fingerprint density at radius 2 is 2.00 bits per heavy atom. The van der Waals surface area contributed by atoms with Crippen molar-refractivity contribution in [3.63, 3.8) is 0 Å². The van der Waals surface area contributed by atoms with Crippen LogP contribution in [0.3, 0.4) is 0 Å². The molecule has 27 heavy (non-hydrogen) atoms. The van der Waals surface area contributed by atoms with Crippen molar-refractivity contribution in [1.82, 2.24) is 5.32 Å². The van der Waals surface area contributed by atoms with Gasteiger partial charge in [-0.1, -0.05) is 31.7 Å². The Morgan fingerprint density at radius 3 is 2.59 bits per heavy atom. The van der Waals surface area contributed by atoms with E-state index in [0.29, 0.717) is 11.3 Å². The quantitative estimate of drug-likeness (QED) is 0.827. The van der Waals surface area contributed by atoms with Gasteiger partial charge in [-0.25, -0.2) is 0 Å². The molecule has 1 aliphatic heterocycles. The van der Waals surface area contributed by atoms with E-state index in [-0.39, 0.29) is 16.5 Å². The summed E-state index contributed by atoms with van der Waals surface area (Å²) in [6.45, 7) is 4.97. The Labute approximate surface area is 161 Å². The molecule has 0 aromatic heterocycles. The molecule has 2 rings (SSSR count). The van der Waals surface area contributed by atoms with Crippen molar-refractivity contribution in [2.24, 2.45) is 11.3 Å². The summed E-state index contributed by atoms with van der Waals surface area (Å²) in [5.74, 6) is -1.80. The van der Waals surface area contributed by atoms with Gasteiger partial charge < -0.3 is 10.6 Å².